The van der Waals surface area contributed by atoms with Crippen molar-refractivity contribution in [2.24, 2.45) is 10.9 Å². The first-order chi connectivity index (χ1) is 11.3. The normalized spacial score (nSPS) is 28.1. The second-order valence-corrected chi connectivity index (χ2v) is 9.99. The maximum atomic E-state index is 12.2. The third-order valence-corrected chi connectivity index (χ3v) is 7.84. The highest BCUT2D eigenvalue weighted by Gasteiger charge is 2.49. The zero-order valence-electron chi connectivity index (χ0n) is 13.5. The number of halogens is 1. The van der Waals surface area contributed by atoms with Crippen LogP contribution >= 0.6 is 23.4 Å². The van der Waals surface area contributed by atoms with Gasteiger partial charge in [0.25, 0.3) is 5.91 Å². The fourth-order valence-electron chi connectivity index (χ4n) is 2.87. The van der Waals surface area contributed by atoms with Gasteiger partial charge in [0.15, 0.2) is 15.0 Å². The van der Waals surface area contributed by atoms with Crippen LogP contribution in [0, 0.1) is 5.92 Å². The molecule has 0 saturated carbocycles. The van der Waals surface area contributed by atoms with Gasteiger partial charge in [0.1, 0.15) is 0 Å². The monoisotopic (exact) mass is 386 g/mol. The molecular weight excluding hydrogens is 368 g/mol. The summed E-state index contributed by atoms with van der Waals surface area (Å²) in [4.78, 5) is 18.4. The standard InChI is InChI=1S/C16H19ClN2O3S2/c1-3-10(2)15(20)18-16-19(12-6-4-5-11(17)7-12)13-8-24(21,22)9-14(13)23-16/h4-7,10,13-14H,3,8-9H2,1-2H3/t10-,13-,14+/m0/s1. The van der Waals surface area contributed by atoms with Gasteiger partial charge in [0, 0.05) is 21.9 Å². The number of nitrogens with zero attached hydrogens (tertiary/aromatic N) is 2. The topological polar surface area (TPSA) is 66.8 Å². The molecule has 1 amide bonds. The van der Waals surface area contributed by atoms with E-state index in [0.29, 0.717) is 10.2 Å². The number of rotatable bonds is 3. The second-order valence-electron chi connectivity index (χ2n) is 6.19. The molecule has 2 heterocycles. The van der Waals surface area contributed by atoms with Crippen molar-refractivity contribution in [2.45, 2.75) is 31.6 Å². The van der Waals surface area contributed by atoms with Crippen LogP contribution in [0.1, 0.15) is 20.3 Å². The summed E-state index contributed by atoms with van der Waals surface area (Å²) < 4.78 is 24.0. The number of aliphatic imine (C=N–C) groups is 1. The van der Waals surface area contributed by atoms with E-state index in [1.54, 1.807) is 12.1 Å². The molecule has 0 spiro atoms. The number of benzene rings is 1. The SMILES string of the molecule is CC[C@H](C)C(=O)N=C1S[C@@H]2CS(=O)(=O)C[C@@H]2N1c1cccc(Cl)c1. The Morgan fingerprint density at radius 2 is 2.21 bits per heavy atom. The van der Waals surface area contributed by atoms with E-state index in [-0.39, 0.29) is 34.6 Å². The zero-order chi connectivity index (χ0) is 17.5. The van der Waals surface area contributed by atoms with E-state index < -0.39 is 9.84 Å². The molecule has 2 saturated heterocycles. The molecule has 1 aromatic carbocycles. The van der Waals surface area contributed by atoms with Crippen molar-refractivity contribution in [3.63, 3.8) is 0 Å². The summed E-state index contributed by atoms with van der Waals surface area (Å²) >= 11 is 7.47. The van der Waals surface area contributed by atoms with Gasteiger partial charge in [-0.25, -0.2) is 8.42 Å². The molecule has 2 fully saturated rings. The molecule has 24 heavy (non-hydrogen) atoms. The van der Waals surface area contributed by atoms with Crippen LogP contribution in [0.5, 0.6) is 0 Å². The molecule has 2 aliphatic heterocycles. The number of amidine groups is 1. The van der Waals surface area contributed by atoms with Crippen LogP contribution in [0.4, 0.5) is 5.69 Å². The molecule has 0 unspecified atom stereocenters. The number of carbonyl (C=O) groups is 1. The van der Waals surface area contributed by atoms with Crippen molar-refractivity contribution in [1.29, 1.82) is 0 Å². The van der Waals surface area contributed by atoms with E-state index >= 15 is 0 Å². The average molecular weight is 387 g/mol. The Labute approximate surface area is 151 Å². The van der Waals surface area contributed by atoms with E-state index in [2.05, 4.69) is 4.99 Å². The van der Waals surface area contributed by atoms with Crippen molar-refractivity contribution in [3.05, 3.63) is 29.3 Å². The van der Waals surface area contributed by atoms with Crippen LogP contribution in [-0.2, 0) is 14.6 Å². The summed E-state index contributed by atoms with van der Waals surface area (Å²) in [5.41, 5.74) is 0.773. The summed E-state index contributed by atoms with van der Waals surface area (Å²) in [6.45, 7) is 3.79. The Hall–Kier alpha value is -1.05. The molecule has 3 atom stereocenters. The lowest BCUT2D eigenvalue weighted by atomic mass is 10.1. The van der Waals surface area contributed by atoms with E-state index in [0.717, 1.165) is 12.1 Å². The maximum Gasteiger partial charge on any atom is 0.250 e. The highest BCUT2D eigenvalue weighted by Crippen LogP contribution is 2.41. The highest BCUT2D eigenvalue weighted by atomic mass is 35.5. The summed E-state index contributed by atoms with van der Waals surface area (Å²) in [5, 5.41) is 1.04. The Morgan fingerprint density at radius 1 is 1.46 bits per heavy atom. The summed E-state index contributed by atoms with van der Waals surface area (Å²) in [7, 11) is -3.06. The van der Waals surface area contributed by atoms with Crippen LogP contribution in [0.25, 0.3) is 0 Å². The number of amides is 1. The van der Waals surface area contributed by atoms with Gasteiger partial charge >= 0.3 is 0 Å². The quantitative estimate of drug-likeness (QED) is 0.798. The first kappa shape index (κ1) is 17.8. The highest BCUT2D eigenvalue weighted by molar-refractivity contribution is 8.16. The number of fused-ring (bicyclic) bond motifs is 1. The number of hydrogen-bond acceptors (Lipinski definition) is 4. The minimum absolute atomic E-state index is 0.0771. The van der Waals surface area contributed by atoms with Crippen LogP contribution in [0.2, 0.25) is 5.02 Å². The first-order valence-corrected chi connectivity index (χ1v) is 10.9. The second kappa shape index (κ2) is 6.69. The van der Waals surface area contributed by atoms with Crippen LogP contribution in [-0.4, -0.2) is 42.3 Å². The fourth-order valence-corrected chi connectivity index (χ4v) is 6.98. The van der Waals surface area contributed by atoms with Crippen molar-refractivity contribution in [3.8, 4) is 0 Å². The molecular formula is C16H19ClN2O3S2. The molecule has 0 aliphatic carbocycles. The first-order valence-electron chi connectivity index (χ1n) is 7.85. The van der Waals surface area contributed by atoms with Crippen LogP contribution in [0.3, 0.4) is 0 Å². The van der Waals surface area contributed by atoms with Gasteiger partial charge in [0.05, 0.1) is 17.5 Å². The lowest BCUT2D eigenvalue weighted by Gasteiger charge is -2.24. The van der Waals surface area contributed by atoms with E-state index in [1.165, 1.54) is 11.8 Å². The molecule has 1 aromatic rings. The molecule has 8 heteroatoms. The lowest BCUT2D eigenvalue weighted by molar-refractivity contribution is -0.121. The van der Waals surface area contributed by atoms with Gasteiger partial charge in [-0.15, -0.1) is 0 Å². The third-order valence-electron chi connectivity index (χ3n) is 4.39. The molecule has 0 radical (unpaired) electrons. The van der Waals surface area contributed by atoms with Gasteiger partial charge in [-0.05, 0) is 24.6 Å². The molecule has 130 valence electrons. The van der Waals surface area contributed by atoms with Crippen molar-refractivity contribution >= 4 is 50.0 Å². The summed E-state index contributed by atoms with van der Waals surface area (Å²) in [5.74, 6) is -0.123. The number of thioether (sulfide) groups is 1. The Balaban J connectivity index is 2.00. The molecule has 0 N–H and O–H groups in total. The van der Waals surface area contributed by atoms with E-state index in [4.69, 9.17) is 11.6 Å². The summed E-state index contributed by atoms with van der Waals surface area (Å²) in [6.07, 6.45) is 0.721. The number of anilines is 1. The van der Waals surface area contributed by atoms with E-state index in [1.807, 2.05) is 30.9 Å². The largest absolute Gasteiger partial charge is 0.316 e. The third kappa shape index (κ3) is 3.48. The van der Waals surface area contributed by atoms with Gasteiger partial charge in [-0.1, -0.05) is 43.3 Å². The number of carbonyl (C=O) groups excluding carboxylic acids is 1. The van der Waals surface area contributed by atoms with Crippen LogP contribution < -0.4 is 4.90 Å². The van der Waals surface area contributed by atoms with Gasteiger partial charge in [-0.2, -0.15) is 4.99 Å². The molecule has 5 nitrogen and oxygen atoms in total. The lowest BCUT2D eigenvalue weighted by Crippen LogP contribution is -2.37. The van der Waals surface area contributed by atoms with Crippen LogP contribution in [0.15, 0.2) is 29.3 Å². The molecule has 3 rings (SSSR count). The van der Waals surface area contributed by atoms with Crippen molar-refractivity contribution in [1.82, 2.24) is 0 Å². The van der Waals surface area contributed by atoms with Crippen molar-refractivity contribution in [2.75, 3.05) is 16.4 Å². The Kier molecular flexibility index (Phi) is 4.95. The predicted octanol–water partition coefficient (Wildman–Crippen LogP) is 2.99. The minimum atomic E-state index is -3.06. The Morgan fingerprint density at radius 3 is 2.88 bits per heavy atom. The Bertz CT molecular complexity index is 794. The predicted molar refractivity (Wildman–Crippen MR) is 99.6 cm³/mol. The van der Waals surface area contributed by atoms with Gasteiger partial charge in [-0.3, -0.25) is 4.79 Å². The molecule has 0 aromatic heterocycles. The van der Waals surface area contributed by atoms with Gasteiger partial charge < -0.3 is 4.90 Å². The summed E-state index contributed by atoms with van der Waals surface area (Å²) in [6, 6.07) is 7.01. The fraction of sp³-hybridized carbons (Fsp3) is 0.500. The van der Waals surface area contributed by atoms with E-state index in [9.17, 15) is 13.2 Å². The maximum absolute atomic E-state index is 12.2. The van der Waals surface area contributed by atoms with Gasteiger partial charge in [0.2, 0.25) is 0 Å². The minimum Gasteiger partial charge on any atom is -0.316 e. The smallest absolute Gasteiger partial charge is 0.250 e. The van der Waals surface area contributed by atoms with Crippen molar-refractivity contribution < 1.29 is 13.2 Å². The molecule has 2 aliphatic rings. The molecule has 0 bridgehead atoms. The average Bonchev–Trinajstić information content (AvgIpc) is 2.97. The number of sulfone groups is 1. The zero-order valence-corrected chi connectivity index (χ0v) is 15.9. The number of hydrogen-bond donors (Lipinski definition) is 0.